The molecule has 5 heteroatoms. The first kappa shape index (κ1) is 15.1. The number of rotatable bonds is 3. The van der Waals surface area contributed by atoms with Gasteiger partial charge in [0.1, 0.15) is 0 Å². The molecule has 0 aliphatic carbocycles. The maximum absolute atomic E-state index is 13.3. The molecule has 0 unspecified atom stereocenters. The Balaban J connectivity index is 1.81. The Labute approximate surface area is 139 Å². The maximum atomic E-state index is 13.3. The quantitative estimate of drug-likeness (QED) is 0.675. The highest BCUT2D eigenvalue weighted by molar-refractivity contribution is 7.79. The fourth-order valence-electron chi connectivity index (χ4n) is 2.68. The van der Waals surface area contributed by atoms with E-state index >= 15 is 0 Å². The summed E-state index contributed by atoms with van der Waals surface area (Å²) < 4.78 is 35.7. The van der Waals surface area contributed by atoms with Crippen LogP contribution in [0.5, 0.6) is 11.5 Å². The van der Waals surface area contributed by atoms with E-state index in [1.54, 1.807) is 12.1 Å². The highest BCUT2D eigenvalue weighted by Gasteiger charge is 2.43. The lowest BCUT2D eigenvalue weighted by atomic mass is 10.3. The van der Waals surface area contributed by atoms with Crippen molar-refractivity contribution in [3.63, 3.8) is 0 Å². The van der Waals surface area contributed by atoms with E-state index in [1.165, 1.54) is 0 Å². The first-order valence-electron chi connectivity index (χ1n) is 7.42. The van der Waals surface area contributed by atoms with E-state index in [4.69, 9.17) is 0 Å². The zero-order valence-corrected chi connectivity index (χ0v) is 13.4. The van der Waals surface area contributed by atoms with Crippen LogP contribution in [0.15, 0.2) is 78.9 Å². The number of hydrogen-bond acceptors (Lipinski definition) is 2. The molecule has 3 aromatic rings. The lowest BCUT2D eigenvalue weighted by Crippen LogP contribution is -2.26. The van der Waals surface area contributed by atoms with Crippen molar-refractivity contribution in [1.82, 2.24) is 0 Å². The summed E-state index contributed by atoms with van der Waals surface area (Å²) in [6.45, 7) is 0. The zero-order valence-electron chi connectivity index (χ0n) is 12.5. The number of ether oxygens (including phenoxy) is 2. The summed E-state index contributed by atoms with van der Waals surface area (Å²) in [5.74, 6) is 0.150. The topological polar surface area (TPSA) is 18.5 Å². The molecule has 0 amide bonds. The minimum atomic E-state index is -3.59. The van der Waals surface area contributed by atoms with Gasteiger partial charge in [0.05, 0.1) is 0 Å². The van der Waals surface area contributed by atoms with E-state index < -0.39 is 14.2 Å². The molecule has 24 heavy (non-hydrogen) atoms. The summed E-state index contributed by atoms with van der Waals surface area (Å²) in [6, 6.07) is 25.1. The third-order valence-electron chi connectivity index (χ3n) is 3.67. The third-order valence-corrected chi connectivity index (χ3v) is 6.10. The van der Waals surface area contributed by atoms with Crippen molar-refractivity contribution in [3.8, 4) is 11.5 Å². The van der Waals surface area contributed by atoms with Crippen molar-refractivity contribution >= 4 is 23.8 Å². The summed E-state index contributed by atoms with van der Waals surface area (Å²) in [6.07, 6.45) is -3.59. The Hall–Kier alpha value is -2.45. The summed E-state index contributed by atoms with van der Waals surface area (Å²) in [5, 5.41) is 3.22. The second-order valence-corrected chi connectivity index (χ2v) is 7.53. The van der Waals surface area contributed by atoms with Gasteiger partial charge in [0, 0.05) is 0 Å². The lowest BCUT2D eigenvalue weighted by Gasteiger charge is -2.19. The van der Waals surface area contributed by atoms with E-state index in [-0.39, 0.29) is 11.5 Å². The number of alkyl halides is 2. The van der Waals surface area contributed by atoms with E-state index in [0.717, 1.165) is 15.9 Å². The maximum Gasteiger partial charge on any atom is 0.586 e. The van der Waals surface area contributed by atoms with Gasteiger partial charge >= 0.3 is 6.29 Å². The van der Waals surface area contributed by atoms with Crippen LogP contribution in [0.3, 0.4) is 0 Å². The van der Waals surface area contributed by atoms with E-state index in [2.05, 4.69) is 33.7 Å². The molecule has 1 heterocycles. The second kappa shape index (κ2) is 5.88. The fourth-order valence-corrected chi connectivity index (χ4v) is 4.98. The van der Waals surface area contributed by atoms with Crippen molar-refractivity contribution in [3.05, 3.63) is 78.9 Å². The minimum absolute atomic E-state index is 0.0693. The third kappa shape index (κ3) is 2.85. The molecule has 0 spiro atoms. The van der Waals surface area contributed by atoms with Crippen LogP contribution >= 0.6 is 7.92 Å². The van der Waals surface area contributed by atoms with Crippen LogP contribution in [0.25, 0.3) is 0 Å². The number of fused-ring (bicyclic) bond motifs is 1. The average molecular weight is 342 g/mol. The van der Waals surface area contributed by atoms with Gasteiger partial charge in [-0.05, 0) is 42.0 Å². The minimum Gasteiger partial charge on any atom is -0.395 e. The van der Waals surface area contributed by atoms with Gasteiger partial charge in [0.15, 0.2) is 11.5 Å². The summed E-state index contributed by atoms with van der Waals surface area (Å²) in [5.41, 5.74) is 0. The van der Waals surface area contributed by atoms with E-state index in [0.29, 0.717) is 0 Å². The number of hydrogen-bond donors (Lipinski definition) is 0. The van der Waals surface area contributed by atoms with Gasteiger partial charge in [-0.1, -0.05) is 60.7 Å². The fraction of sp³-hybridized carbons (Fsp3) is 0.0526. The number of halogens is 2. The second-order valence-electron chi connectivity index (χ2n) is 5.31. The normalized spacial score (nSPS) is 14.8. The van der Waals surface area contributed by atoms with Crippen molar-refractivity contribution in [2.45, 2.75) is 6.29 Å². The first-order chi connectivity index (χ1) is 11.6. The van der Waals surface area contributed by atoms with E-state index in [1.807, 2.05) is 42.5 Å². The molecule has 3 aromatic carbocycles. The van der Waals surface area contributed by atoms with Gasteiger partial charge < -0.3 is 9.47 Å². The summed E-state index contributed by atoms with van der Waals surface area (Å²) in [7, 11) is -0.864. The summed E-state index contributed by atoms with van der Waals surface area (Å²) >= 11 is 0. The van der Waals surface area contributed by atoms with Crippen LogP contribution < -0.4 is 25.4 Å². The Morgan fingerprint density at radius 2 is 1.17 bits per heavy atom. The lowest BCUT2D eigenvalue weighted by molar-refractivity contribution is -0.286. The molecule has 4 rings (SSSR count). The molecular formula is C19H13F2O2P. The first-order valence-corrected chi connectivity index (χ1v) is 8.77. The van der Waals surface area contributed by atoms with Crippen molar-refractivity contribution in [2.75, 3.05) is 0 Å². The Morgan fingerprint density at radius 3 is 1.75 bits per heavy atom. The van der Waals surface area contributed by atoms with Gasteiger partial charge in [0.2, 0.25) is 0 Å². The van der Waals surface area contributed by atoms with Crippen LogP contribution in [-0.2, 0) is 0 Å². The van der Waals surface area contributed by atoms with Crippen LogP contribution in [0.2, 0.25) is 0 Å². The van der Waals surface area contributed by atoms with Gasteiger partial charge in [-0.3, -0.25) is 0 Å². The molecule has 1 aliphatic rings. The predicted octanol–water partition coefficient (Wildman–Crippen LogP) is 3.77. The van der Waals surface area contributed by atoms with Crippen molar-refractivity contribution < 1.29 is 18.3 Å². The van der Waals surface area contributed by atoms with Gasteiger partial charge in [-0.15, -0.1) is 8.78 Å². The molecular weight excluding hydrogens is 329 g/mol. The molecule has 0 bridgehead atoms. The monoisotopic (exact) mass is 342 g/mol. The standard InChI is InChI=1S/C19H13F2O2P/c20-19(21)22-17-12-11-16(13-18(17)23-19)24(14-7-3-1-4-8-14)15-9-5-2-6-10-15/h1-13H. The Bertz CT molecular complexity index is 814. The Kier molecular flexibility index (Phi) is 3.70. The predicted molar refractivity (Wildman–Crippen MR) is 91.4 cm³/mol. The average Bonchev–Trinajstić information content (AvgIpc) is 2.90. The number of benzene rings is 3. The SMILES string of the molecule is FC1(F)Oc2ccc(P(c3ccccc3)c3ccccc3)cc2O1. The van der Waals surface area contributed by atoms with Crippen LogP contribution in [0, 0.1) is 0 Å². The largest absolute Gasteiger partial charge is 0.586 e. The molecule has 0 aromatic heterocycles. The molecule has 120 valence electrons. The molecule has 0 atom stereocenters. The van der Waals surface area contributed by atoms with Crippen LogP contribution in [0.1, 0.15) is 0 Å². The zero-order chi connectivity index (χ0) is 16.6. The van der Waals surface area contributed by atoms with Crippen LogP contribution in [0.4, 0.5) is 8.78 Å². The summed E-state index contributed by atoms with van der Waals surface area (Å²) in [4.78, 5) is 0. The molecule has 0 fully saturated rings. The Morgan fingerprint density at radius 1 is 0.625 bits per heavy atom. The molecule has 0 radical (unpaired) electrons. The van der Waals surface area contributed by atoms with Gasteiger partial charge in [-0.2, -0.15) is 0 Å². The molecule has 0 saturated heterocycles. The molecule has 0 saturated carbocycles. The highest BCUT2D eigenvalue weighted by atomic mass is 31.1. The van der Waals surface area contributed by atoms with Crippen molar-refractivity contribution in [1.29, 1.82) is 0 Å². The van der Waals surface area contributed by atoms with E-state index in [9.17, 15) is 8.78 Å². The molecule has 1 aliphatic heterocycles. The molecule has 0 N–H and O–H groups in total. The van der Waals surface area contributed by atoms with Crippen LogP contribution in [-0.4, -0.2) is 6.29 Å². The highest BCUT2D eigenvalue weighted by Crippen LogP contribution is 2.43. The van der Waals surface area contributed by atoms with Crippen molar-refractivity contribution in [2.24, 2.45) is 0 Å². The molecule has 2 nitrogen and oxygen atoms in total. The van der Waals surface area contributed by atoms with Gasteiger partial charge in [0.25, 0.3) is 0 Å². The van der Waals surface area contributed by atoms with Gasteiger partial charge in [-0.25, -0.2) is 0 Å². The smallest absolute Gasteiger partial charge is 0.395 e.